The Balaban J connectivity index is 2.55. The van der Waals surface area contributed by atoms with Gasteiger partial charge >= 0.3 is 0 Å². The molecule has 2 aromatic rings. The Labute approximate surface area is 102 Å². The molecule has 1 aromatic heterocycles. The number of hydrogen-bond acceptors (Lipinski definition) is 2. The van der Waals surface area contributed by atoms with E-state index in [0.29, 0.717) is 23.5 Å². The van der Waals surface area contributed by atoms with Gasteiger partial charge in [-0.25, -0.2) is 9.37 Å². The monoisotopic (exact) mass is 252 g/mol. The van der Waals surface area contributed by atoms with Crippen LogP contribution in [0.4, 0.5) is 4.39 Å². The summed E-state index contributed by atoms with van der Waals surface area (Å²) in [5.74, 6) is -0.182. The number of H-pyrrole nitrogens is 1. The molecule has 0 aliphatic carbocycles. The van der Waals surface area contributed by atoms with E-state index < -0.39 is 5.82 Å². The van der Waals surface area contributed by atoms with E-state index in [1.165, 1.54) is 18.2 Å². The summed E-state index contributed by atoms with van der Waals surface area (Å²) < 4.78 is 13.3. The third-order valence-corrected chi connectivity index (χ3v) is 2.66. The Morgan fingerprint density at radius 1 is 1.41 bits per heavy atom. The van der Waals surface area contributed by atoms with Crippen LogP contribution >= 0.6 is 11.6 Å². The van der Waals surface area contributed by atoms with Gasteiger partial charge in [0.15, 0.2) is 0 Å². The first-order valence-corrected chi connectivity index (χ1v) is 5.53. The molecule has 1 aromatic carbocycles. The second kappa shape index (κ2) is 4.67. The number of rotatable bonds is 2. The van der Waals surface area contributed by atoms with E-state index in [1.54, 1.807) is 6.07 Å². The fourth-order valence-corrected chi connectivity index (χ4v) is 1.59. The molecule has 17 heavy (non-hydrogen) atoms. The minimum absolute atomic E-state index is 0.0442. The Morgan fingerprint density at radius 3 is 2.82 bits per heavy atom. The van der Waals surface area contributed by atoms with Gasteiger partial charge in [0.1, 0.15) is 11.6 Å². The number of nitrogens with zero attached hydrogens (tertiary/aromatic N) is 1. The molecule has 5 heteroatoms. The molecule has 0 radical (unpaired) electrons. The zero-order valence-corrected chi connectivity index (χ0v) is 9.88. The summed E-state index contributed by atoms with van der Waals surface area (Å²) >= 11 is 5.59. The lowest BCUT2D eigenvalue weighted by Crippen LogP contribution is -2.10. The topological polar surface area (TPSA) is 45.8 Å². The van der Waals surface area contributed by atoms with E-state index in [-0.39, 0.29) is 10.6 Å². The highest BCUT2D eigenvalue weighted by Gasteiger charge is 2.06. The average Bonchev–Trinajstić information content (AvgIpc) is 2.32. The third-order valence-electron chi connectivity index (χ3n) is 2.35. The van der Waals surface area contributed by atoms with Crippen molar-refractivity contribution in [2.45, 2.75) is 13.3 Å². The van der Waals surface area contributed by atoms with Crippen LogP contribution in [0.5, 0.6) is 0 Å². The Kier molecular flexibility index (Phi) is 3.24. The number of aromatic nitrogens is 2. The molecule has 0 bridgehead atoms. The molecule has 2 rings (SSSR count). The second-order valence-electron chi connectivity index (χ2n) is 3.57. The van der Waals surface area contributed by atoms with Crippen LogP contribution in [-0.2, 0) is 6.42 Å². The van der Waals surface area contributed by atoms with E-state index in [0.717, 1.165) is 0 Å². The van der Waals surface area contributed by atoms with Gasteiger partial charge in [0, 0.05) is 17.3 Å². The van der Waals surface area contributed by atoms with E-state index >= 15 is 0 Å². The summed E-state index contributed by atoms with van der Waals surface area (Å²) in [6, 6.07) is 5.73. The number of aryl methyl sites for hydroxylation is 1. The summed E-state index contributed by atoms with van der Waals surface area (Å²) in [4.78, 5) is 18.2. The first kappa shape index (κ1) is 11.8. The van der Waals surface area contributed by atoms with Crippen LogP contribution in [0.1, 0.15) is 12.6 Å². The number of aromatic amines is 1. The third kappa shape index (κ3) is 2.53. The standard InChI is InChI=1S/C12H10ClFN2O/c1-2-8-6-11(17)16-12(15-8)7-3-4-9(13)10(14)5-7/h3-6H,2H2,1H3,(H,15,16,17). The molecule has 3 nitrogen and oxygen atoms in total. The fraction of sp³-hybridized carbons (Fsp3) is 0.167. The molecular formula is C12H10ClFN2O. The van der Waals surface area contributed by atoms with Crippen molar-refractivity contribution in [3.8, 4) is 11.4 Å². The molecule has 0 fully saturated rings. The molecule has 0 spiro atoms. The summed E-state index contributed by atoms with van der Waals surface area (Å²) in [5.41, 5.74) is 0.917. The molecule has 0 unspecified atom stereocenters. The van der Waals surface area contributed by atoms with Gasteiger partial charge in [-0.1, -0.05) is 18.5 Å². The second-order valence-corrected chi connectivity index (χ2v) is 3.97. The molecule has 1 heterocycles. The lowest BCUT2D eigenvalue weighted by atomic mass is 10.2. The van der Waals surface area contributed by atoms with Crippen LogP contribution < -0.4 is 5.56 Å². The maximum Gasteiger partial charge on any atom is 0.251 e. The van der Waals surface area contributed by atoms with Gasteiger partial charge in [0.05, 0.1) is 5.02 Å². The van der Waals surface area contributed by atoms with Crippen LogP contribution in [0.3, 0.4) is 0 Å². The van der Waals surface area contributed by atoms with Crippen molar-refractivity contribution in [2.75, 3.05) is 0 Å². The summed E-state index contributed by atoms with van der Waals surface area (Å²) in [7, 11) is 0. The van der Waals surface area contributed by atoms with Gasteiger partial charge in [0.2, 0.25) is 0 Å². The molecule has 1 N–H and O–H groups in total. The van der Waals surface area contributed by atoms with Crippen molar-refractivity contribution in [3.05, 3.63) is 51.2 Å². The minimum Gasteiger partial charge on any atom is -0.307 e. The van der Waals surface area contributed by atoms with E-state index in [9.17, 15) is 9.18 Å². The van der Waals surface area contributed by atoms with Gasteiger partial charge < -0.3 is 4.98 Å². The van der Waals surface area contributed by atoms with Crippen molar-refractivity contribution in [3.63, 3.8) is 0 Å². The van der Waals surface area contributed by atoms with Gasteiger partial charge in [-0.05, 0) is 24.6 Å². The number of nitrogens with one attached hydrogen (secondary N) is 1. The first-order chi connectivity index (χ1) is 8.10. The highest BCUT2D eigenvalue weighted by Crippen LogP contribution is 2.21. The van der Waals surface area contributed by atoms with E-state index in [2.05, 4.69) is 9.97 Å². The number of hydrogen-bond donors (Lipinski definition) is 1. The van der Waals surface area contributed by atoms with Crippen molar-refractivity contribution in [1.82, 2.24) is 9.97 Å². The Bertz CT molecular complexity index is 610. The molecule has 0 aliphatic heterocycles. The van der Waals surface area contributed by atoms with Gasteiger partial charge in [0.25, 0.3) is 5.56 Å². The van der Waals surface area contributed by atoms with Crippen molar-refractivity contribution in [2.24, 2.45) is 0 Å². The zero-order chi connectivity index (χ0) is 12.4. The van der Waals surface area contributed by atoms with Crippen molar-refractivity contribution >= 4 is 11.6 Å². The summed E-state index contributed by atoms with van der Waals surface area (Å²) in [6.07, 6.45) is 0.646. The van der Waals surface area contributed by atoms with Gasteiger partial charge in [-0.2, -0.15) is 0 Å². The lowest BCUT2D eigenvalue weighted by Gasteiger charge is -2.03. The maximum atomic E-state index is 13.3. The molecule has 0 amide bonds. The number of halogens is 2. The average molecular weight is 253 g/mol. The minimum atomic E-state index is -0.534. The van der Waals surface area contributed by atoms with Crippen LogP contribution in [0.25, 0.3) is 11.4 Å². The van der Waals surface area contributed by atoms with Gasteiger partial charge in [-0.15, -0.1) is 0 Å². The van der Waals surface area contributed by atoms with Crippen molar-refractivity contribution < 1.29 is 4.39 Å². The summed E-state index contributed by atoms with van der Waals surface area (Å²) in [6.45, 7) is 1.90. The lowest BCUT2D eigenvalue weighted by molar-refractivity contribution is 0.628. The smallest absolute Gasteiger partial charge is 0.251 e. The van der Waals surface area contributed by atoms with Crippen LogP contribution in [0, 0.1) is 5.82 Å². The first-order valence-electron chi connectivity index (χ1n) is 5.16. The van der Waals surface area contributed by atoms with Crippen LogP contribution in [0.2, 0.25) is 5.02 Å². The summed E-state index contributed by atoms with van der Waals surface area (Å²) in [5, 5.41) is 0.0442. The quantitative estimate of drug-likeness (QED) is 0.893. The number of benzene rings is 1. The van der Waals surface area contributed by atoms with E-state index in [4.69, 9.17) is 11.6 Å². The van der Waals surface area contributed by atoms with Crippen molar-refractivity contribution in [1.29, 1.82) is 0 Å². The van der Waals surface area contributed by atoms with E-state index in [1.807, 2.05) is 6.92 Å². The SMILES string of the molecule is CCc1cc(=O)[nH]c(-c2ccc(Cl)c(F)c2)n1. The molecule has 0 atom stereocenters. The Hall–Kier alpha value is -1.68. The molecule has 0 saturated carbocycles. The predicted molar refractivity (Wildman–Crippen MR) is 64.6 cm³/mol. The fourth-order valence-electron chi connectivity index (χ4n) is 1.47. The normalized spacial score (nSPS) is 10.5. The molecule has 0 aliphatic rings. The molecule has 0 saturated heterocycles. The maximum absolute atomic E-state index is 13.3. The Morgan fingerprint density at radius 2 is 2.18 bits per heavy atom. The molecule has 88 valence electrons. The highest BCUT2D eigenvalue weighted by atomic mass is 35.5. The largest absolute Gasteiger partial charge is 0.307 e. The van der Waals surface area contributed by atoms with Crippen LogP contribution in [0.15, 0.2) is 29.1 Å². The van der Waals surface area contributed by atoms with Gasteiger partial charge in [-0.3, -0.25) is 4.79 Å². The van der Waals surface area contributed by atoms with Crippen LogP contribution in [-0.4, -0.2) is 9.97 Å². The highest BCUT2D eigenvalue weighted by molar-refractivity contribution is 6.30. The molecular weight excluding hydrogens is 243 g/mol. The predicted octanol–water partition coefficient (Wildman–Crippen LogP) is 2.79. The zero-order valence-electron chi connectivity index (χ0n) is 9.13.